The number of thioether (sulfide) groups is 1. The zero-order valence-electron chi connectivity index (χ0n) is 9.20. The van der Waals surface area contributed by atoms with E-state index in [0.29, 0.717) is 0 Å². The van der Waals surface area contributed by atoms with Crippen LogP contribution in [-0.2, 0) is 11.5 Å². The van der Waals surface area contributed by atoms with Gasteiger partial charge in [-0.2, -0.15) is 11.8 Å². The molecule has 0 radical (unpaired) electrons. The molecule has 0 spiro atoms. The lowest BCUT2D eigenvalue weighted by Crippen LogP contribution is -1.84. The van der Waals surface area contributed by atoms with Crippen molar-refractivity contribution in [2.24, 2.45) is 0 Å². The SMILES string of the molecule is Clc1ccccc1CSCc1ccc(Br)cc1. The van der Waals surface area contributed by atoms with Gasteiger partial charge in [0.25, 0.3) is 0 Å². The highest BCUT2D eigenvalue weighted by Gasteiger charge is 1.99. The summed E-state index contributed by atoms with van der Waals surface area (Å²) in [7, 11) is 0. The Morgan fingerprint density at radius 2 is 1.65 bits per heavy atom. The molecule has 0 aliphatic carbocycles. The highest BCUT2D eigenvalue weighted by Crippen LogP contribution is 2.23. The largest absolute Gasteiger partial charge is 0.152 e. The van der Waals surface area contributed by atoms with Crippen molar-refractivity contribution in [1.29, 1.82) is 0 Å². The predicted molar refractivity (Wildman–Crippen MR) is 80.6 cm³/mol. The quantitative estimate of drug-likeness (QED) is 0.711. The Morgan fingerprint density at radius 1 is 0.941 bits per heavy atom. The van der Waals surface area contributed by atoms with E-state index in [-0.39, 0.29) is 0 Å². The van der Waals surface area contributed by atoms with Crippen LogP contribution in [0.3, 0.4) is 0 Å². The highest BCUT2D eigenvalue weighted by molar-refractivity contribution is 9.10. The summed E-state index contributed by atoms with van der Waals surface area (Å²) in [6.07, 6.45) is 0. The number of rotatable bonds is 4. The monoisotopic (exact) mass is 326 g/mol. The van der Waals surface area contributed by atoms with Crippen LogP contribution in [-0.4, -0.2) is 0 Å². The number of hydrogen-bond donors (Lipinski definition) is 0. The molecule has 0 saturated carbocycles. The summed E-state index contributed by atoms with van der Waals surface area (Å²) in [5.41, 5.74) is 2.54. The van der Waals surface area contributed by atoms with E-state index in [1.54, 1.807) is 0 Å². The van der Waals surface area contributed by atoms with Gasteiger partial charge < -0.3 is 0 Å². The molecule has 0 N–H and O–H groups in total. The van der Waals surface area contributed by atoms with Gasteiger partial charge in [-0.1, -0.05) is 57.9 Å². The van der Waals surface area contributed by atoms with Gasteiger partial charge in [0.15, 0.2) is 0 Å². The minimum atomic E-state index is 0.857. The molecule has 2 aromatic carbocycles. The molecule has 17 heavy (non-hydrogen) atoms. The second kappa shape index (κ2) is 6.48. The van der Waals surface area contributed by atoms with Gasteiger partial charge in [-0.25, -0.2) is 0 Å². The molecule has 3 heteroatoms. The molecule has 0 atom stereocenters. The van der Waals surface area contributed by atoms with Crippen LogP contribution in [0.1, 0.15) is 11.1 Å². The van der Waals surface area contributed by atoms with E-state index in [1.165, 1.54) is 11.1 Å². The summed E-state index contributed by atoms with van der Waals surface area (Å²) in [5.74, 6) is 1.97. The molecule has 0 fully saturated rings. The molecule has 0 unspecified atom stereocenters. The van der Waals surface area contributed by atoms with Gasteiger partial charge >= 0.3 is 0 Å². The number of hydrogen-bond acceptors (Lipinski definition) is 1. The minimum absolute atomic E-state index is 0.857. The normalized spacial score (nSPS) is 10.5. The van der Waals surface area contributed by atoms with E-state index in [4.69, 9.17) is 11.6 Å². The van der Waals surface area contributed by atoms with Crippen LogP contribution in [0, 0.1) is 0 Å². The van der Waals surface area contributed by atoms with Crippen molar-refractivity contribution in [3.63, 3.8) is 0 Å². The molecule has 0 amide bonds. The van der Waals surface area contributed by atoms with Crippen LogP contribution in [0.15, 0.2) is 53.0 Å². The minimum Gasteiger partial charge on any atom is -0.152 e. The standard InChI is InChI=1S/C14H12BrClS/c15-13-7-5-11(6-8-13)9-17-10-12-3-1-2-4-14(12)16/h1-8H,9-10H2. The Hall–Kier alpha value is -0.440. The zero-order valence-corrected chi connectivity index (χ0v) is 12.4. The lowest BCUT2D eigenvalue weighted by molar-refractivity contribution is 1.36. The van der Waals surface area contributed by atoms with Gasteiger partial charge in [-0.3, -0.25) is 0 Å². The summed E-state index contributed by atoms with van der Waals surface area (Å²) < 4.78 is 1.12. The van der Waals surface area contributed by atoms with Crippen LogP contribution < -0.4 is 0 Å². The first kappa shape index (κ1) is 13.0. The molecule has 0 aromatic heterocycles. The van der Waals surface area contributed by atoms with E-state index >= 15 is 0 Å². The van der Waals surface area contributed by atoms with E-state index < -0.39 is 0 Å². The van der Waals surface area contributed by atoms with E-state index in [1.807, 2.05) is 30.0 Å². The van der Waals surface area contributed by atoms with Crippen molar-refractivity contribution in [3.05, 3.63) is 69.2 Å². The maximum atomic E-state index is 6.11. The van der Waals surface area contributed by atoms with Gasteiger partial charge in [-0.15, -0.1) is 0 Å². The van der Waals surface area contributed by atoms with Crippen molar-refractivity contribution in [1.82, 2.24) is 0 Å². The molecule has 0 aliphatic heterocycles. The third-order valence-corrected chi connectivity index (χ3v) is 4.35. The molecular weight excluding hydrogens is 316 g/mol. The van der Waals surface area contributed by atoms with Crippen molar-refractivity contribution in [2.75, 3.05) is 0 Å². The molecular formula is C14H12BrClS. The molecule has 0 heterocycles. The van der Waals surface area contributed by atoms with Gasteiger partial charge in [0, 0.05) is 21.0 Å². The summed E-state index contributed by atoms with van der Waals surface area (Å²) >= 11 is 11.4. The Kier molecular flexibility index (Phi) is 4.96. The summed E-state index contributed by atoms with van der Waals surface area (Å²) in [6.45, 7) is 0. The third kappa shape index (κ3) is 4.06. The third-order valence-electron chi connectivity index (χ3n) is 2.40. The maximum absolute atomic E-state index is 6.11. The van der Waals surface area contributed by atoms with E-state index in [0.717, 1.165) is 21.0 Å². The molecule has 0 bridgehead atoms. The second-order valence-electron chi connectivity index (χ2n) is 3.71. The van der Waals surface area contributed by atoms with Gasteiger partial charge in [-0.05, 0) is 29.3 Å². The smallest absolute Gasteiger partial charge is 0.0446 e. The van der Waals surface area contributed by atoms with E-state index in [9.17, 15) is 0 Å². The fraction of sp³-hybridized carbons (Fsp3) is 0.143. The zero-order chi connectivity index (χ0) is 12.1. The molecule has 2 rings (SSSR count). The van der Waals surface area contributed by atoms with Gasteiger partial charge in [0.1, 0.15) is 0 Å². The number of halogens is 2. The average molecular weight is 328 g/mol. The first-order chi connectivity index (χ1) is 8.25. The first-order valence-electron chi connectivity index (χ1n) is 5.31. The topological polar surface area (TPSA) is 0 Å². The van der Waals surface area contributed by atoms with Gasteiger partial charge in [0.2, 0.25) is 0 Å². The fourth-order valence-corrected chi connectivity index (χ4v) is 3.02. The average Bonchev–Trinajstić information content (AvgIpc) is 2.34. The molecule has 88 valence electrons. The van der Waals surface area contributed by atoms with Crippen LogP contribution in [0.4, 0.5) is 0 Å². The van der Waals surface area contributed by atoms with Gasteiger partial charge in [0.05, 0.1) is 0 Å². The number of benzene rings is 2. The summed E-state index contributed by atoms with van der Waals surface area (Å²) in [5, 5.41) is 0.857. The first-order valence-corrected chi connectivity index (χ1v) is 7.64. The van der Waals surface area contributed by atoms with Crippen molar-refractivity contribution >= 4 is 39.3 Å². The molecule has 0 aliphatic rings. The lowest BCUT2D eigenvalue weighted by Gasteiger charge is -2.04. The fourth-order valence-electron chi connectivity index (χ4n) is 1.47. The van der Waals surface area contributed by atoms with E-state index in [2.05, 4.69) is 46.3 Å². The molecule has 2 aromatic rings. The van der Waals surface area contributed by atoms with Crippen molar-refractivity contribution < 1.29 is 0 Å². The van der Waals surface area contributed by atoms with Crippen LogP contribution in [0.25, 0.3) is 0 Å². The van der Waals surface area contributed by atoms with Crippen molar-refractivity contribution in [2.45, 2.75) is 11.5 Å². The van der Waals surface area contributed by atoms with Crippen LogP contribution >= 0.6 is 39.3 Å². The Balaban J connectivity index is 1.88. The van der Waals surface area contributed by atoms with Crippen molar-refractivity contribution in [3.8, 4) is 0 Å². The summed E-state index contributed by atoms with van der Waals surface area (Å²) in [4.78, 5) is 0. The maximum Gasteiger partial charge on any atom is 0.0446 e. The Bertz CT molecular complexity index is 482. The highest BCUT2D eigenvalue weighted by atomic mass is 79.9. The Labute approximate surface area is 120 Å². The summed E-state index contributed by atoms with van der Waals surface area (Å²) in [6, 6.07) is 16.4. The lowest BCUT2D eigenvalue weighted by atomic mass is 10.2. The molecule has 0 nitrogen and oxygen atoms in total. The van der Waals surface area contributed by atoms with Crippen LogP contribution in [0.2, 0.25) is 5.02 Å². The Morgan fingerprint density at radius 3 is 2.35 bits per heavy atom. The predicted octanol–water partition coefficient (Wildman–Crippen LogP) is 5.54. The van der Waals surface area contributed by atoms with Crippen LogP contribution in [0.5, 0.6) is 0 Å². The molecule has 0 saturated heterocycles. The second-order valence-corrected chi connectivity index (χ2v) is 6.02.